The number of carbonyl (C=O) groups excluding carboxylic acids is 2. The highest BCUT2D eigenvalue weighted by Crippen LogP contribution is 2.19. The predicted molar refractivity (Wildman–Crippen MR) is 78.9 cm³/mol. The lowest BCUT2D eigenvalue weighted by atomic mass is 10.1. The van der Waals surface area contributed by atoms with Crippen LogP contribution in [0, 0.1) is 20.8 Å². The Morgan fingerprint density at radius 3 is 2.64 bits per heavy atom. The van der Waals surface area contributed by atoms with Gasteiger partial charge in [0.15, 0.2) is 12.4 Å². The van der Waals surface area contributed by atoms with Gasteiger partial charge in [0.25, 0.3) is 5.91 Å². The van der Waals surface area contributed by atoms with Crippen molar-refractivity contribution in [1.82, 2.24) is 10.1 Å². The molecular weight excluding hydrogens is 310 g/mol. The molecule has 2 rings (SSSR count). The average molecular weight is 324 g/mol. The smallest absolute Gasteiger partial charge is 0.342 e. The molecule has 0 unspecified atom stereocenters. The minimum absolute atomic E-state index is 0.0510. The fraction of sp³-hybridized carbons (Fsp3) is 0.286. The largest absolute Gasteiger partial charge is 0.452 e. The maximum Gasteiger partial charge on any atom is 0.342 e. The van der Waals surface area contributed by atoms with Crippen LogP contribution in [0.3, 0.4) is 0 Å². The first kappa shape index (κ1) is 16.0. The molecule has 0 radical (unpaired) electrons. The zero-order valence-electron chi connectivity index (χ0n) is 12.3. The molecule has 2 aromatic heterocycles. The highest BCUT2D eigenvalue weighted by molar-refractivity contribution is 6.32. The first-order chi connectivity index (χ1) is 10.4. The van der Waals surface area contributed by atoms with Gasteiger partial charge < -0.3 is 14.6 Å². The zero-order chi connectivity index (χ0) is 16.3. The Balaban J connectivity index is 1.97. The number of ether oxygens (including phenoxy) is 1. The first-order valence-electron chi connectivity index (χ1n) is 6.41. The number of rotatable bonds is 4. The van der Waals surface area contributed by atoms with Gasteiger partial charge in [0.2, 0.25) is 0 Å². The summed E-state index contributed by atoms with van der Waals surface area (Å²) in [5, 5.41) is 6.09. The van der Waals surface area contributed by atoms with Crippen molar-refractivity contribution in [3.05, 3.63) is 39.9 Å². The maximum atomic E-state index is 12.0. The fourth-order valence-electron chi connectivity index (χ4n) is 1.84. The van der Waals surface area contributed by atoms with Crippen molar-refractivity contribution in [2.75, 3.05) is 11.9 Å². The second kappa shape index (κ2) is 6.57. The number of pyridine rings is 1. The standard InChI is InChI=1S/C14H14ClN3O4/c1-7-4-8(2)16-13(15)12(7)14(20)21-6-11(19)17-10-5-9(3)22-18-10/h4-5H,6H2,1-3H3,(H,17,18,19). The van der Waals surface area contributed by atoms with Gasteiger partial charge in [0.05, 0.1) is 5.56 Å². The van der Waals surface area contributed by atoms with Crippen LogP contribution < -0.4 is 5.32 Å². The molecule has 22 heavy (non-hydrogen) atoms. The van der Waals surface area contributed by atoms with Crippen molar-refractivity contribution in [3.8, 4) is 0 Å². The molecule has 2 aromatic rings. The number of aryl methyl sites for hydroxylation is 3. The molecule has 0 spiro atoms. The summed E-state index contributed by atoms with van der Waals surface area (Å²) in [6.07, 6.45) is 0. The Bertz CT molecular complexity index is 704. The third kappa shape index (κ3) is 3.82. The molecule has 0 fully saturated rings. The van der Waals surface area contributed by atoms with E-state index in [9.17, 15) is 9.59 Å². The number of nitrogens with one attached hydrogen (secondary N) is 1. The number of nitrogens with zero attached hydrogens (tertiary/aromatic N) is 2. The highest BCUT2D eigenvalue weighted by Gasteiger charge is 2.18. The number of esters is 1. The van der Waals surface area contributed by atoms with Crippen molar-refractivity contribution >= 4 is 29.3 Å². The number of amides is 1. The van der Waals surface area contributed by atoms with Gasteiger partial charge in [-0.2, -0.15) is 0 Å². The summed E-state index contributed by atoms with van der Waals surface area (Å²) in [5.74, 6) is -0.429. The monoisotopic (exact) mass is 323 g/mol. The van der Waals surface area contributed by atoms with Gasteiger partial charge >= 0.3 is 5.97 Å². The number of carbonyl (C=O) groups is 2. The van der Waals surface area contributed by atoms with E-state index in [-0.39, 0.29) is 16.5 Å². The lowest BCUT2D eigenvalue weighted by Crippen LogP contribution is -2.21. The minimum Gasteiger partial charge on any atom is -0.452 e. The predicted octanol–water partition coefficient (Wildman–Crippen LogP) is 2.44. The quantitative estimate of drug-likeness (QED) is 0.686. The Labute approximate surface area is 131 Å². The van der Waals surface area contributed by atoms with E-state index < -0.39 is 18.5 Å². The Kier molecular flexibility index (Phi) is 4.77. The van der Waals surface area contributed by atoms with Crippen LogP contribution in [0.5, 0.6) is 0 Å². The van der Waals surface area contributed by atoms with Crippen LogP contribution in [0.15, 0.2) is 16.7 Å². The van der Waals surface area contributed by atoms with E-state index >= 15 is 0 Å². The molecule has 1 N–H and O–H groups in total. The minimum atomic E-state index is -0.707. The molecule has 0 aromatic carbocycles. The number of aromatic nitrogens is 2. The molecule has 2 heterocycles. The summed E-state index contributed by atoms with van der Waals surface area (Å²) in [4.78, 5) is 27.7. The van der Waals surface area contributed by atoms with Crippen molar-refractivity contribution in [1.29, 1.82) is 0 Å². The van der Waals surface area contributed by atoms with Gasteiger partial charge in [-0.3, -0.25) is 4.79 Å². The molecule has 116 valence electrons. The van der Waals surface area contributed by atoms with E-state index in [4.69, 9.17) is 20.9 Å². The molecule has 0 atom stereocenters. The van der Waals surface area contributed by atoms with Gasteiger partial charge in [0.1, 0.15) is 10.9 Å². The van der Waals surface area contributed by atoms with E-state index in [0.717, 1.165) is 0 Å². The van der Waals surface area contributed by atoms with Crippen molar-refractivity contribution in [3.63, 3.8) is 0 Å². The SMILES string of the molecule is Cc1cc(C)c(C(=O)OCC(=O)Nc2cc(C)on2)c(Cl)n1. The van der Waals surface area contributed by atoms with Crippen LogP contribution >= 0.6 is 11.6 Å². The van der Waals surface area contributed by atoms with Crippen LogP contribution in [0.25, 0.3) is 0 Å². The van der Waals surface area contributed by atoms with Crippen LogP contribution in [0.1, 0.15) is 27.4 Å². The Hall–Kier alpha value is -2.41. The highest BCUT2D eigenvalue weighted by atomic mass is 35.5. The average Bonchev–Trinajstić information content (AvgIpc) is 2.80. The molecular formula is C14H14ClN3O4. The first-order valence-corrected chi connectivity index (χ1v) is 6.78. The van der Waals surface area contributed by atoms with E-state index in [1.165, 1.54) is 0 Å². The van der Waals surface area contributed by atoms with Crippen LogP contribution in [-0.4, -0.2) is 28.6 Å². The molecule has 0 aliphatic carbocycles. The summed E-state index contributed by atoms with van der Waals surface area (Å²) in [7, 11) is 0. The van der Waals surface area contributed by atoms with Crippen LogP contribution in [0.4, 0.5) is 5.82 Å². The lowest BCUT2D eigenvalue weighted by Gasteiger charge is -2.09. The van der Waals surface area contributed by atoms with Crippen molar-refractivity contribution in [2.24, 2.45) is 0 Å². The molecule has 7 nitrogen and oxygen atoms in total. The third-order valence-corrected chi connectivity index (χ3v) is 3.01. The summed E-state index contributed by atoms with van der Waals surface area (Å²) in [6.45, 7) is 4.71. The van der Waals surface area contributed by atoms with Gasteiger partial charge in [-0.05, 0) is 32.4 Å². The number of halogens is 1. The van der Waals surface area contributed by atoms with Gasteiger partial charge in [0, 0.05) is 11.8 Å². The zero-order valence-corrected chi connectivity index (χ0v) is 13.0. The molecule has 0 saturated heterocycles. The second-order valence-electron chi connectivity index (χ2n) is 4.69. The molecule has 0 aliphatic rings. The van der Waals surface area contributed by atoms with Crippen LogP contribution in [-0.2, 0) is 9.53 Å². The van der Waals surface area contributed by atoms with E-state index in [1.54, 1.807) is 32.9 Å². The van der Waals surface area contributed by atoms with Crippen LogP contribution in [0.2, 0.25) is 5.15 Å². The van der Waals surface area contributed by atoms with Gasteiger partial charge in [-0.15, -0.1) is 0 Å². The molecule has 8 heteroatoms. The normalized spacial score (nSPS) is 10.4. The summed E-state index contributed by atoms with van der Waals surface area (Å²) in [5.41, 5.74) is 1.48. The molecule has 0 aliphatic heterocycles. The summed E-state index contributed by atoms with van der Waals surface area (Å²) >= 11 is 5.94. The topological polar surface area (TPSA) is 94.3 Å². The molecule has 0 bridgehead atoms. The molecule has 0 saturated carbocycles. The van der Waals surface area contributed by atoms with E-state index in [2.05, 4.69) is 15.5 Å². The summed E-state index contributed by atoms with van der Waals surface area (Å²) < 4.78 is 9.74. The molecule has 1 amide bonds. The Morgan fingerprint density at radius 2 is 2.05 bits per heavy atom. The summed E-state index contributed by atoms with van der Waals surface area (Å²) in [6, 6.07) is 3.26. The lowest BCUT2D eigenvalue weighted by molar-refractivity contribution is -0.119. The van der Waals surface area contributed by atoms with Crippen molar-refractivity contribution in [2.45, 2.75) is 20.8 Å². The van der Waals surface area contributed by atoms with Crippen molar-refractivity contribution < 1.29 is 18.8 Å². The van der Waals surface area contributed by atoms with Gasteiger partial charge in [-0.25, -0.2) is 9.78 Å². The third-order valence-electron chi connectivity index (χ3n) is 2.73. The van der Waals surface area contributed by atoms with Gasteiger partial charge in [-0.1, -0.05) is 16.8 Å². The fourth-order valence-corrected chi connectivity index (χ4v) is 2.20. The number of anilines is 1. The maximum absolute atomic E-state index is 12.0. The number of hydrogen-bond donors (Lipinski definition) is 1. The number of hydrogen-bond acceptors (Lipinski definition) is 6. The van der Waals surface area contributed by atoms with E-state index in [0.29, 0.717) is 17.0 Å². The Morgan fingerprint density at radius 1 is 1.32 bits per heavy atom. The second-order valence-corrected chi connectivity index (χ2v) is 5.05. The van der Waals surface area contributed by atoms with E-state index in [1.807, 2.05) is 0 Å².